The monoisotopic (exact) mass is 520 g/mol. The molecule has 1 N–H and O–H groups in total. The van der Waals surface area contributed by atoms with Gasteiger partial charge in [0, 0.05) is 30.0 Å². The number of fused-ring (bicyclic) bond motifs is 2. The van der Waals surface area contributed by atoms with Gasteiger partial charge in [-0.15, -0.1) is 0 Å². The molecular formula is C28H35ClF2N2O3. The van der Waals surface area contributed by atoms with E-state index in [9.17, 15) is 18.4 Å². The van der Waals surface area contributed by atoms with Gasteiger partial charge in [-0.05, 0) is 66.2 Å². The summed E-state index contributed by atoms with van der Waals surface area (Å²) in [6.07, 6.45) is 4.82. The van der Waals surface area contributed by atoms with Crippen molar-refractivity contribution in [2.45, 2.75) is 89.1 Å². The number of methoxy groups -OCH3 is 1. The van der Waals surface area contributed by atoms with Gasteiger partial charge < -0.3 is 10.1 Å². The zero-order valence-electron chi connectivity index (χ0n) is 21.4. The van der Waals surface area contributed by atoms with E-state index in [4.69, 9.17) is 16.3 Å². The van der Waals surface area contributed by atoms with Crippen molar-refractivity contribution < 1.29 is 23.1 Å². The van der Waals surface area contributed by atoms with E-state index < -0.39 is 23.4 Å². The molecule has 4 unspecified atom stereocenters. The first-order chi connectivity index (χ1) is 16.8. The molecule has 5 nitrogen and oxygen atoms in total. The van der Waals surface area contributed by atoms with E-state index >= 15 is 0 Å². The highest BCUT2D eigenvalue weighted by Crippen LogP contribution is 2.62. The lowest BCUT2D eigenvalue weighted by Gasteiger charge is -2.66. The summed E-state index contributed by atoms with van der Waals surface area (Å²) in [4.78, 5) is 27.0. The molecule has 1 heterocycles. The molecule has 0 spiro atoms. The summed E-state index contributed by atoms with van der Waals surface area (Å²) in [7, 11) is 1.37. The highest BCUT2D eigenvalue weighted by atomic mass is 35.5. The summed E-state index contributed by atoms with van der Waals surface area (Å²) in [5.41, 5.74) is 1.96. The number of amides is 2. The molecule has 0 saturated heterocycles. The van der Waals surface area contributed by atoms with Crippen molar-refractivity contribution in [1.29, 1.82) is 0 Å². The molecule has 8 heteroatoms. The second-order valence-corrected chi connectivity index (χ2v) is 12.7. The lowest BCUT2D eigenvalue weighted by atomic mass is 9.47. The first-order valence-corrected chi connectivity index (χ1v) is 13.3. The number of aryl methyl sites for hydroxylation is 1. The first-order valence-electron chi connectivity index (χ1n) is 12.9. The average Bonchev–Trinajstić information content (AvgIpc) is 2.78. The Balaban J connectivity index is 1.40. The standard InChI is InChI=1S/C28H35ClF2N2O3/c1-26(2,3)9-7-16-5-6-17(11-22(16)29)19-14-28(30,31)12-18-15-33(25(35)32-23(18)19)27-10-8-21(27)20(13-27)24(34)36-4/h5-6,11,15,19-21,23H,7-10,12-14H2,1-4H3,(H,32,35)/t19?,20?,21?,23-,27?/m0/s1. The molecule has 0 bridgehead atoms. The second kappa shape index (κ2) is 8.71. The van der Waals surface area contributed by atoms with Crippen LogP contribution in [-0.4, -0.2) is 41.5 Å². The number of esters is 1. The fourth-order valence-electron chi connectivity index (χ4n) is 6.71. The van der Waals surface area contributed by atoms with E-state index in [1.807, 2.05) is 12.1 Å². The number of halogens is 3. The minimum absolute atomic E-state index is 0.0171. The van der Waals surface area contributed by atoms with Crippen molar-refractivity contribution in [3.05, 3.63) is 46.1 Å². The predicted octanol–water partition coefficient (Wildman–Crippen LogP) is 6.45. The molecule has 5 atom stereocenters. The van der Waals surface area contributed by atoms with Gasteiger partial charge in [-0.3, -0.25) is 9.69 Å². The Morgan fingerprint density at radius 2 is 2.03 bits per heavy atom. The predicted molar refractivity (Wildman–Crippen MR) is 134 cm³/mol. The molecule has 1 aromatic rings. The molecule has 3 fully saturated rings. The lowest BCUT2D eigenvalue weighted by molar-refractivity contribution is -0.179. The normalized spacial score (nSPS) is 32.8. The third kappa shape index (κ3) is 4.31. The minimum Gasteiger partial charge on any atom is -0.469 e. The molecule has 0 radical (unpaired) electrons. The van der Waals surface area contributed by atoms with Crippen LogP contribution in [0.1, 0.15) is 76.3 Å². The van der Waals surface area contributed by atoms with Crippen molar-refractivity contribution in [2.24, 2.45) is 17.3 Å². The number of benzene rings is 1. The Labute approximate surface area is 216 Å². The highest BCUT2D eigenvalue weighted by molar-refractivity contribution is 6.31. The summed E-state index contributed by atoms with van der Waals surface area (Å²) >= 11 is 6.60. The summed E-state index contributed by atoms with van der Waals surface area (Å²) in [5.74, 6) is -3.93. The molecule has 1 aliphatic heterocycles. The van der Waals surface area contributed by atoms with Crippen LogP contribution < -0.4 is 5.32 Å². The maximum absolute atomic E-state index is 15.0. The summed E-state index contributed by atoms with van der Waals surface area (Å²) in [6.45, 7) is 6.52. The van der Waals surface area contributed by atoms with Crippen LogP contribution in [0.25, 0.3) is 0 Å². The van der Waals surface area contributed by atoms with Gasteiger partial charge in [-0.25, -0.2) is 13.6 Å². The van der Waals surface area contributed by atoms with Crippen LogP contribution in [0.5, 0.6) is 0 Å². The number of hydrogen-bond donors (Lipinski definition) is 1. The first kappa shape index (κ1) is 25.5. The van der Waals surface area contributed by atoms with E-state index in [1.54, 1.807) is 17.2 Å². The zero-order chi connectivity index (χ0) is 26.0. The van der Waals surface area contributed by atoms with Crippen LogP contribution in [0, 0.1) is 17.3 Å². The molecule has 36 heavy (non-hydrogen) atoms. The number of alkyl halides is 2. The van der Waals surface area contributed by atoms with Crippen LogP contribution in [0.3, 0.4) is 0 Å². The number of carbonyl (C=O) groups excluding carboxylic acids is 2. The van der Waals surface area contributed by atoms with E-state index in [0.717, 1.165) is 36.8 Å². The third-order valence-corrected chi connectivity index (χ3v) is 9.20. The molecular weight excluding hydrogens is 486 g/mol. The summed E-state index contributed by atoms with van der Waals surface area (Å²) in [5, 5.41) is 3.63. The summed E-state index contributed by atoms with van der Waals surface area (Å²) < 4.78 is 34.9. The Bertz CT molecular complexity index is 1110. The maximum atomic E-state index is 15.0. The van der Waals surface area contributed by atoms with E-state index in [-0.39, 0.29) is 42.1 Å². The number of nitrogens with zero attached hydrogens (tertiary/aromatic N) is 1. The van der Waals surface area contributed by atoms with Gasteiger partial charge in [-0.1, -0.05) is 44.5 Å². The number of urea groups is 1. The van der Waals surface area contributed by atoms with Crippen LogP contribution >= 0.6 is 11.6 Å². The third-order valence-electron chi connectivity index (χ3n) is 8.85. The van der Waals surface area contributed by atoms with Crippen LogP contribution in [-0.2, 0) is 16.0 Å². The molecule has 3 aliphatic carbocycles. The number of ether oxygens (including phenoxy) is 1. The molecule has 3 saturated carbocycles. The number of carbonyl (C=O) groups is 2. The van der Waals surface area contributed by atoms with Crippen molar-refractivity contribution in [3.8, 4) is 0 Å². The van der Waals surface area contributed by atoms with Gasteiger partial charge in [-0.2, -0.15) is 0 Å². The zero-order valence-corrected chi connectivity index (χ0v) is 22.1. The Morgan fingerprint density at radius 3 is 2.61 bits per heavy atom. The number of rotatable bonds is 5. The van der Waals surface area contributed by atoms with Crippen molar-refractivity contribution in [2.75, 3.05) is 7.11 Å². The Kier molecular flexibility index (Phi) is 6.17. The minimum atomic E-state index is -2.89. The van der Waals surface area contributed by atoms with E-state index in [0.29, 0.717) is 17.0 Å². The van der Waals surface area contributed by atoms with Gasteiger partial charge in [0.1, 0.15) is 0 Å². The fraction of sp³-hybridized carbons (Fsp3) is 0.643. The molecule has 0 aromatic heterocycles. The Morgan fingerprint density at radius 1 is 1.28 bits per heavy atom. The van der Waals surface area contributed by atoms with Gasteiger partial charge in [0.2, 0.25) is 0 Å². The topological polar surface area (TPSA) is 58.6 Å². The second-order valence-electron chi connectivity index (χ2n) is 12.3. The smallest absolute Gasteiger partial charge is 0.322 e. The maximum Gasteiger partial charge on any atom is 0.322 e. The van der Waals surface area contributed by atoms with Gasteiger partial charge >= 0.3 is 12.0 Å². The molecule has 196 valence electrons. The highest BCUT2D eigenvalue weighted by Gasteiger charge is 2.67. The Hall–Kier alpha value is -2.15. The van der Waals surface area contributed by atoms with Crippen LogP contribution in [0.4, 0.5) is 13.6 Å². The van der Waals surface area contributed by atoms with E-state index in [2.05, 4.69) is 26.1 Å². The van der Waals surface area contributed by atoms with Gasteiger partial charge in [0.15, 0.2) is 0 Å². The largest absolute Gasteiger partial charge is 0.469 e. The molecule has 4 aliphatic rings. The van der Waals surface area contributed by atoms with Crippen LogP contribution in [0.15, 0.2) is 30.0 Å². The molecule has 1 aromatic carbocycles. The van der Waals surface area contributed by atoms with Gasteiger partial charge in [0.05, 0.1) is 24.6 Å². The van der Waals surface area contributed by atoms with E-state index in [1.165, 1.54) is 7.11 Å². The van der Waals surface area contributed by atoms with Crippen LogP contribution in [0.2, 0.25) is 5.02 Å². The SMILES string of the molecule is COC(=O)C1CC2(N3C=C4CC(F)(F)CC(c5ccc(CCC(C)(C)C)c(Cl)c5)[C@H]4NC3=O)CCC12. The quantitative estimate of drug-likeness (QED) is 0.454. The average molecular weight is 521 g/mol. The van der Waals surface area contributed by atoms with Crippen molar-refractivity contribution in [3.63, 3.8) is 0 Å². The summed E-state index contributed by atoms with van der Waals surface area (Å²) in [6, 6.07) is 4.85. The van der Waals surface area contributed by atoms with Gasteiger partial charge in [0.25, 0.3) is 5.92 Å². The number of hydrogen-bond acceptors (Lipinski definition) is 3. The fourth-order valence-corrected chi connectivity index (χ4v) is 6.99. The molecule has 2 amide bonds. The van der Waals surface area contributed by atoms with Crippen molar-refractivity contribution in [1.82, 2.24) is 10.2 Å². The number of nitrogens with one attached hydrogen (secondary N) is 1. The van der Waals surface area contributed by atoms with Crippen molar-refractivity contribution >= 4 is 23.6 Å². The molecule has 5 rings (SSSR count). The lowest BCUT2D eigenvalue weighted by Crippen LogP contribution is -2.74.